The Bertz CT molecular complexity index is 709. The number of hydrogen-bond acceptors (Lipinski definition) is 4. The molecule has 0 spiro atoms. The van der Waals surface area contributed by atoms with Crippen molar-refractivity contribution in [1.82, 2.24) is 15.3 Å². The van der Waals surface area contributed by atoms with Crippen LogP contribution in [0.15, 0.2) is 30.5 Å². The summed E-state index contributed by atoms with van der Waals surface area (Å²) < 4.78 is 13.6. The maximum atomic E-state index is 13.6. The molecule has 122 valence electrons. The molecule has 2 aromatic rings. The SMILES string of the molecule is CC(C)c1ncc(Cl)c(C(=O)NC[C@@H](O)c2ccccc2F)n1. The Balaban J connectivity index is 2.08. The minimum absolute atomic E-state index is 0.0334. The van der Waals surface area contributed by atoms with Gasteiger partial charge in [0.25, 0.3) is 5.91 Å². The van der Waals surface area contributed by atoms with E-state index in [4.69, 9.17) is 11.6 Å². The molecule has 1 amide bonds. The van der Waals surface area contributed by atoms with Gasteiger partial charge in [-0.3, -0.25) is 4.79 Å². The number of aromatic nitrogens is 2. The molecule has 0 bridgehead atoms. The lowest BCUT2D eigenvalue weighted by Crippen LogP contribution is -2.30. The van der Waals surface area contributed by atoms with Crippen LogP contribution < -0.4 is 5.32 Å². The molecule has 1 atom stereocenters. The Morgan fingerprint density at radius 3 is 2.74 bits per heavy atom. The number of aliphatic hydroxyl groups excluding tert-OH is 1. The van der Waals surface area contributed by atoms with Crippen molar-refractivity contribution in [2.45, 2.75) is 25.9 Å². The minimum atomic E-state index is -1.16. The van der Waals surface area contributed by atoms with Gasteiger partial charge in [0.15, 0.2) is 0 Å². The van der Waals surface area contributed by atoms with Crippen LogP contribution in [-0.2, 0) is 0 Å². The topological polar surface area (TPSA) is 75.1 Å². The first-order valence-corrected chi connectivity index (χ1v) is 7.51. The maximum absolute atomic E-state index is 13.6. The first-order valence-electron chi connectivity index (χ1n) is 7.13. The third-order valence-corrected chi connectivity index (χ3v) is 3.49. The Morgan fingerprint density at radius 1 is 1.39 bits per heavy atom. The van der Waals surface area contributed by atoms with Gasteiger partial charge in [-0.25, -0.2) is 14.4 Å². The van der Waals surface area contributed by atoms with E-state index in [2.05, 4.69) is 15.3 Å². The summed E-state index contributed by atoms with van der Waals surface area (Å²) in [6.45, 7) is 3.64. The third kappa shape index (κ3) is 4.24. The maximum Gasteiger partial charge on any atom is 0.271 e. The summed E-state index contributed by atoms with van der Waals surface area (Å²) in [5.74, 6) is -0.539. The second kappa shape index (κ2) is 7.48. The molecule has 23 heavy (non-hydrogen) atoms. The standard InChI is InChI=1S/C16H17ClFN3O2/c1-9(2)15-19-7-11(17)14(21-15)16(23)20-8-13(22)10-5-3-4-6-12(10)18/h3-7,9,13,22H,8H2,1-2H3,(H,20,23)/t13-/m1/s1. The number of rotatable bonds is 5. The van der Waals surface area contributed by atoms with Crippen molar-refractivity contribution in [2.75, 3.05) is 6.54 Å². The van der Waals surface area contributed by atoms with E-state index < -0.39 is 17.8 Å². The average Bonchev–Trinajstić information content (AvgIpc) is 2.53. The quantitative estimate of drug-likeness (QED) is 0.879. The van der Waals surface area contributed by atoms with E-state index in [1.165, 1.54) is 24.4 Å². The molecule has 1 heterocycles. The van der Waals surface area contributed by atoms with Crippen molar-refractivity contribution in [2.24, 2.45) is 0 Å². The number of benzene rings is 1. The van der Waals surface area contributed by atoms with Gasteiger partial charge in [-0.15, -0.1) is 0 Å². The summed E-state index contributed by atoms with van der Waals surface area (Å²) in [6.07, 6.45) is 0.205. The molecule has 0 radical (unpaired) electrons. The van der Waals surface area contributed by atoms with Gasteiger partial charge in [0.1, 0.15) is 17.3 Å². The zero-order chi connectivity index (χ0) is 17.0. The van der Waals surface area contributed by atoms with E-state index in [1.54, 1.807) is 6.07 Å². The largest absolute Gasteiger partial charge is 0.386 e. The van der Waals surface area contributed by atoms with Gasteiger partial charge >= 0.3 is 0 Å². The van der Waals surface area contributed by atoms with Crippen molar-refractivity contribution >= 4 is 17.5 Å². The van der Waals surface area contributed by atoms with Crippen LogP contribution in [0.5, 0.6) is 0 Å². The normalized spacial score (nSPS) is 12.3. The van der Waals surface area contributed by atoms with E-state index in [0.717, 1.165) is 0 Å². The van der Waals surface area contributed by atoms with E-state index in [1.807, 2.05) is 13.8 Å². The van der Waals surface area contributed by atoms with Gasteiger partial charge < -0.3 is 10.4 Å². The van der Waals surface area contributed by atoms with E-state index >= 15 is 0 Å². The van der Waals surface area contributed by atoms with E-state index in [0.29, 0.717) is 5.82 Å². The fourth-order valence-corrected chi connectivity index (χ4v) is 2.12. The highest BCUT2D eigenvalue weighted by atomic mass is 35.5. The molecule has 5 nitrogen and oxygen atoms in total. The number of nitrogens with zero attached hydrogens (tertiary/aromatic N) is 2. The van der Waals surface area contributed by atoms with Gasteiger partial charge in [0, 0.05) is 18.0 Å². The molecule has 0 fully saturated rings. The summed E-state index contributed by atoms with van der Waals surface area (Å²) in [7, 11) is 0. The van der Waals surface area contributed by atoms with Crippen LogP contribution in [0, 0.1) is 5.82 Å². The molecular formula is C16H17ClFN3O2. The van der Waals surface area contributed by atoms with Crippen molar-refractivity contribution in [3.05, 3.63) is 58.4 Å². The Labute approximate surface area is 138 Å². The van der Waals surface area contributed by atoms with Crippen molar-refractivity contribution in [1.29, 1.82) is 0 Å². The number of amides is 1. The summed E-state index contributed by atoms with van der Waals surface area (Å²) >= 11 is 5.94. The van der Waals surface area contributed by atoms with Crippen LogP contribution in [0.2, 0.25) is 5.02 Å². The predicted molar refractivity (Wildman–Crippen MR) is 84.8 cm³/mol. The van der Waals surface area contributed by atoms with Crippen LogP contribution >= 0.6 is 11.6 Å². The Kier molecular flexibility index (Phi) is 5.63. The van der Waals surface area contributed by atoms with Gasteiger partial charge in [-0.05, 0) is 6.07 Å². The molecule has 1 aromatic heterocycles. The van der Waals surface area contributed by atoms with Crippen LogP contribution in [0.1, 0.15) is 47.7 Å². The summed E-state index contributed by atoms with van der Waals surface area (Å²) in [4.78, 5) is 20.4. The Hall–Kier alpha value is -2.05. The molecule has 0 saturated heterocycles. The van der Waals surface area contributed by atoms with Crippen molar-refractivity contribution in [3.63, 3.8) is 0 Å². The second-order valence-electron chi connectivity index (χ2n) is 5.33. The number of aliphatic hydroxyl groups is 1. The van der Waals surface area contributed by atoms with Crippen LogP contribution in [-0.4, -0.2) is 27.5 Å². The molecule has 0 aliphatic carbocycles. The molecule has 0 aliphatic rings. The molecule has 2 N–H and O–H groups in total. The monoisotopic (exact) mass is 337 g/mol. The lowest BCUT2D eigenvalue weighted by Gasteiger charge is -2.13. The molecule has 0 unspecified atom stereocenters. The van der Waals surface area contributed by atoms with Crippen molar-refractivity contribution in [3.8, 4) is 0 Å². The third-order valence-electron chi connectivity index (χ3n) is 3.21. The number of carbonyl (C=O) groups excluding carboxylic acids is 1. The second-order valence-corrected chi connectivity index (χ2v) is 5.73. The van der Waals surface area contributed by atoms with Crippen LogP contribution in [0.4, 0.5) is 4.39 Å². The van der Waals surface area contributed by atoms with Crippen LogP contribution in [0.3, 0.4) is 0 Å². The van der Waals surface area contributed by atoms with Gasteiger partial charge in [-0.1, -0.05) is 43.6 Å². The number of carbonyl (C=O) groups is 1. The highest BCUT2D eigenvalue weighted by Gasteiger charge is 2.18. The first-order chi connectivity index (χ1) is 10.9. The smallest absolute Gasteiger partial charge is 0.271 e. The lowest BCUT2D eigenvalue weighted by atomic mass is 10.1. The Morgan fingerprint density at radius 2 is 2.09 bits per heavy atom. The fraction of sp³-hybridized carbons (Fsp3) is 0.312. The fourth-order valence-electron chi connectivity index (χ4n) is 1.95. The minimum Gasteiger partial charge on any atom is -0.386 e. The molecule has 7 heteroatoms. The highest BCUT2D eigenvalue weighted by Crippen LogP contribution is 2.18. The number of nitrogens with one attached hydrogen (secondary N) is 1. The highest BCUT2D eigenvalue weighted by molar-refractivity contribution is 6.33. The lowest BCUT2D eigenvalue weighted by molar-refractivity contribution is 0.0909. The summed E-state index contributed by atoms with van der Waals surface area (Å²) in [5, 5.41) is 12.6. The average molecular weight is 338 g/mol. The molecular weight excluding hydrogens is 321 g/mol. The van der Waals surface area contributed by atoms with E-state index in [9.17, 15) is 14.3 Å². The van der Waals surface area contributed by atoms with Gasteiger partial charge in [-0.2, -0.15) is 0 Å². The molecule has 0 saturated carbocycles. The zero-order valence-corrected chi connectivity index (χ0v) is 13.5. The summed E-state index contributed by atoms with van der Waals surface area (Å²) in [6, 6.07) is 5.84. The first kappa shape index (κ1) is 17.3. The predicted octanol–water partition coefficient (Wildman–Crippen LogP) is 2.86. The molecule has 2 rings (SSSR count). The number of hydrogen-bond donors (Lipinski definition) is 2. The van der Waals surface area contributed by atoms with Gasteiger partial charge in [0.2, 0.25) is 0 Å². The molecule has 1 aromatic carbocycles. The van der Waals surface area contributed by atoms with Crippen LogP contribution in [0.25, 0.3) is 0 Å². The van der Waals surface area contributed by atoms with Gasteiger partial charge in [0.05, 0.1) is 17.3 Å². The van der Waals surface area contributed by atoms with Crippen molar-refractivity contribution < 1.29 is 14.3 Å². The zero-order valence-electron chi connectivity index (χ0n) is 12.8. The molecule has 0 aliphatic heterocycles. The van der Waals surface area contributed by atoms with E-state index in [-0.39, 0.29) is 28.7 Å². The summed E-state index contributed by atoms with van der Waals surface area (Å²) in [5.41, 5.74) is 0.149. The number of halogens is 2.